The summed E-state index contributed by atoms with van der Waals surface area (Å²) < 4.78 is 11.3. The molecule has 0 fully saturated rings. The highest BCUT2D eigenvalue weighted by atomic mass is 16.6. The number of ether oxygens (including phenoxy) is 2. The number of hydrogen-bond acceptors (Lipinski definition) is 3. The second-order valence-corrected chi connectivity index (χ2v) is 6.56. The van der Waals surface area contributed by atoms with Crippen LogP contribution in [0.3, 0.4) is 0 Å². The van der Waals surface area contributed by atoms with Gasteiger partial charge in [-0.25, -0.2) is 0 Å². The first-order valence-electron chi connectivity index (χ1n) is 9.55. The van der Waals surface area contributed by atoms with Gasteiger partial charge in [-0.1, -0.05) is 70.6 Å². The molecule has 0 aliphatic heterocycles. The van der Waals surface area contributed by atoms with E-state index in [2.05, 4.69) is 13.8 Å². The van der Waals surface area contributed by atoms with Crippen molar-refractivity contribution in [1.82, 2.24) is 0 Å². The zero-order valence-electron chi connectivity index (χ0n) is 15.6. The maximum Gasteiger partial charge on any atom is 0.309 e. The van der Waals surface area contributed by atoms with Crippen LogP contribution in [0.5, 0.6) is 5.75 Å². The van der Waals surface area contributed by atoms with Crippen LogP contribution in [0.1, 0.15) is 72.1 Å². The predicted octanol–water partition coefficient (Wildman–Crippen LogP) is 5.77. The third kappa shape index (κ3) is 8.95. The molecule has 0 radical (unpaired) electrons. The Kier molecular flexibility index (Phi) is 11.0. The Balaban J connectivity index is 2.37. The number of rotatable bonds is 13. The average molecular weight is 334 g/mol. The van der Waals surface area contributed by atoms with Gasteiger partial charge in [0.25, 0.3) is 0 Å². The third-order valence-electron chi connectivity index (χ3n) is 4.19. The summed E-state index contributed by atoms with van der Waals surface area (Å²) >= 11 is 0. The van der Waals surface area contributed by atoms with Crippen molar-refractivity contribution >= 4 is 5.97 Å². The minimum atomic E-state index is -0.225. The van der Waals surface area contributed by atoms with Crippen molar-refractivity contribution in [2.75, 3.05) is 6.61 Å². The SMILES string of the molecule is CCCCCCC(CCCC)C(=O)OC(C)COc1ccccc1. The molecule has 2 unspecified atom stereocenters. The summed E-state index contributed by atoms with van der Waals surface area (Å²) in [5.74, 6) is 0.799. The van der Waals surface area contributed by atoms with Gasteiger partial charge in [-0.3, -0.25) is 4.79 Å². The molecule has 0 aliphatic carbocycles. The van der Waals surface area contributed by atoms with Crippen LogP contribution in [0, 0.1) is 5.92 Å². The number of para-hydroxylation sites is 1. The largest absolute Gasteiger partial charge is 0.490 e. The van der Waals surface area contributed by atoms with Crippen LogP contribution in [-0.4, -0.2) is 18.7 Å². The van der Waals surface area contributed by atoms with E-state index in [1.807, 2.05) is 37.3 Å². The minimum Gasteiger partial charge on any atom is -0.490 e. The maximum absolute atomic E-state index is 12.5. The Labute approximate surface area is 147 Å². The summed E-state index contributed by atoms with van der Waals surface area (Å²) in [6.45, 7) is 6.66. The van der Waals surface area contributed by atoms with Crippen molar-refractivity contribution < 1.29 is 14.3 Å². The van der Waals surface area contributed by atoms with Crippen LogP contribution in [0.25, 0.3) is 0 Å². The molecule has 0 heterocycles. The number of carbonyl (C=O) groups is 1. The molecule has 0 aromatic heterocycles. The van der Waals surface area contributed by atoms with Gasteiger partial charge < -0.3 is 9.47 Å². The van der Waals surface area contributed by atoms with Crippen LogP contribution in [0.2, 0.25) is 0 Å². The standard InChI is InChI=1S/C21H34O3/c1-4-6-8-10-14-19(13-7-5-2)21(22)24-18(3)17-23-20-15-11-9-12-16-20/h9,11-12,15-16,18-19H,4-8,10,13-14,17H2,1-3H3. The molecular formula is C21H34O3. The number of carbonyl (C=O) groups excluding carboxylic acids is 1. The zero-order chi connectivity index (χ0) is 17.6. The first-order valence-corrected chi connectivity index (χ1v) is 9.55. The fourth-order valence-corrected chi connectivity index (χ4v) is 2.71. The fourth-order valence-electron chi connectivity index (χ4n) is 2.71. The van der Waals surface area contributed by atoms with Crippen molar-refractivity contribution in [3.8, 4) is 5.75 Å². The van der Waals surface area contributed by atoms with E-state index in [1.54, 1.807) is 0 Å². The fraction of sp³-hybridized carbons (Fsp3) is 0.667. The van der Waals surface area contributed by atoms with Crippen molar-refractivity contribution in [3.05, 3.63) is 30.3 Å². The van der Waals surface area contributed by atoms with Crippen LogP contribution in [-0.2, 0) is 9.53 Å². The molecule has 1 aromatic carbocycles. The number of benzene rings is 1. The molecule has 0 saturated heterocycles. The Morgan fingerprint density at radius 2 is 1.62 bits per heavy atom. The zero-order valence-corrected chi connectivity index (χ0v) is 15.6. The smallest absolute Gasteiger partial charge is 0.309 e. The number of hydrogen-bond donors (Lipinski definition) is 0. The molecule has 0 spiro atoms. The van der Waals surface area contributed by atoms with Gasteiger partial charge in [0.2, 0.25) is 0 Å². The summed E-state index contributed by atoms with van der Waals surface area (Å²) in [4.78, 5) is 12.5. The van der Waals surface area contributed by atoms with Gasteiger partial charge in [-0.2, -0.15) is 0 Å². The molecule has 0 bridgehead atoms. The molecule has 0 saturated carbocycles. The van der Waals surface area contributed by atoms with Gasteiger partial charge in [0.1, 0.15) is 18.5 Å². The highest BCUT2D eigenvalue weighted by Crippen LogP contribution is 2.20. The van der Waals surface area contributed by atoms with E-state index in [4.69, 9.17) is 9.47 Å². The average Bonchev–Trinajstić information content (AvgIpc) is 2.60. The molecule has 1 rings (SSSR count). The Hall–Kier alpha value is -1.51. The van der Waals surface area contributed by atoms with Gasteiger partial charge in [-0.05, 0) is 31.9 Å². The first-order chi connectivity index (χ1) is 11.7. The normalized spacial score (nSPS) is 13.3. The molecule has 2 atom stereocenters. The van der Waals surface area contributed by atoms with E-state index in [9.17, 15) is 4.79 Å². The summed E-state index contributed by atoms with van der Waals surface area (Å²) in [7, 11) is 0. The number of unbranched alkanes of at least 4 members (excludes halogenated alkanes) is 4. The second-order valence-electron chi connectivity index (χ2n) is 6.56. The van der Waals surface area contributed by atoms with Gasteiger partial charge in [-0.15, -0.1) is 0 Å². The van der Waals surface area contributed by atoms with E-state index in [-0.39, 0.29) is 18.0 Å². The third-order valence-corrected chi connectivity index (χ3v) is 4.19. The molecule has 0 N–H and O–H groups in total. The van der Waals surface area contributed by atoms with Crippen molar-refractivity contribution in [2.45, 2.75) is 78.2 Å². The highest BCUT2D eigenvalue weighted by molar-refractivity contribution is 5.72. The maximum atomic E-state index is 12.5. The lowest BCUT2D eigenvalue weighted by Crippen LogP contribution is -2.26. The van der Waals surface area contributed by atoms with E-state index in [0.717, 1.165) is 37.9 Å². The lowest BCUT2D eigenvalue weighted by molar-refractivity contribution is -0.155. The summed E-state index contributed by atoms with van der Waals surface area (Å²) in [5, 5.41) is 0. The van der Waals surface area contributed by atoms with Crippen LogP contribution < -0.4 is 4.74 Å². The van der Waals surface area contributed by atoms with Gasteiger partial charge in [0.15, 0.2) is 0 Å². The van der Waals surface area contributed by atoms with Gasteiger partial charge >= 0.3 is 5.97 Å². The summed E-state index contributed by atoms with van der Waals surface area (Å²) in [6.07, 6.45) is 8.66. The van der Waals surface area contributed by atoms with Gasteiger partial charge in [0, 0.05) is 0 Å². The van der Waals surface area contributed by atoms with Crippen molar-refractivity contribution in [2.24, 2.45) is 5.92 Å². The molecule has 136 valence electrons. The molecule has 3 nitrogen and oxygen atoms in total. The molecular weight excluding hydrogens is 300 g/mol. The Morgan fingerprint density at radius 3 is 2.29 bits per heavy atom. The summed E-state index contributed by atoms with van der Waals surface area (Å²) in [6, 6.07) is 9.64. The molecule has 0 amide bonds. The molecule has 3 heteroatoms. The van der Waals surface area contributed by atoms with Crippen molar-refractivity contribution in [1.29, 1.82) is 0 Å². The minimum absolute atomic E-state index is 0.0426. The van der Waals surface area contributed by atoms with Crippen LogP contribution in [0.4, 0.5) is 0 Å². The Morgan fingerprint density at radius 1 is 0.958 bits per heavy atom. The van der Waals surface area contributed by atoms with E-state index in [1.165, 1.54) is 19.3 Å². The second kappa shape index (κ2) is 12.9. The lowest BCUT2D eigenvalue weighted by atomic mass is 9.95. The van der Waals surface area contributed by atoms with Gasteiger partial charge in [0.05, 0.1) is 5.92 Å². The van der Waals surface area contributed by atoms with Crippen LogP contribution in [0.15, 0.2) is 30.3 Å². The topological polar surface area (TPSA) is 35.5 Å². The Bertz CT molecular complexity index is 430. The first kappa shape index (κ1) is 20.5. The van der Waals surface area contributed by atoms with E-state index in [0.29, 0.717) is 6.61 Å². The number of esters is 1. The van der Waals surface area contributed by atoms with Crippen molar-refractivity contribution in [3.63, 3.8) is 0 Å². The summed E-state index contributed by atoms with van der Waals surface area (Å²) in [5.41, 5.74) is 0. The highest BCUT2D eigenvalue weighted by Gasteiger charge is 2.21. The monoisotopic (exact) mass is 334 g/mol. The molecule has 24 heavy (non-hydrogen) atoms. The van der Waals surface area contributed by atoms with E-state index >= 15 is 0 Å². The quantitative estimate of drug-likeness (QED) is 0.339. The van der Waals surface area contributed by atoms with E-state index < -0.39 is 0 Å². The molecule has 1 aromatic rings. The lowest BCUT2D eigenvalue weighted by Gasteiger charge is -2.20. The molecule has 0 aliphatic rings. The predicted molar refractivity (Wildman–Crippen MR) is 99.3 cm³/mol. The van der Waals surface area contributed by atoms with Crippen LogP contribution >= 0.6 is 0 Å².